The Hall–Kier alpha value is -1.67. The summed E-state index contributed by atoms with van der Waals surface area (Å²) in [5.41, 5.74) is -0.561. The van der Waals surface area contributed by atoms with Crippen molar-refractivity contribution in [2.75, 3.05) is 6.61 Å². The van der Waals surface area contributed by atoms with E-state index in [9.17, 15) is 24.7 Å². The first kappa shape index (κ1) is 22.1. The van der Waals surface area contributed by atoms with E-state index in [1.165, 1.54) is 18.2 Å². The number of hydrogen-bond donors (Lipinski definition) is 4. The Kier molecular flexibility index (Phi) is 5.95. The number of phosphoric acid groups is 1. The number of benzene rings is 1. The summed E-state index contributed by atoms with van der Waals surface area (Å²) in [6.07, 6.45) is -6.51. The van der Waals surface area contributed by atoms with Gasteiger partial charge in [-0.15, -0.1) is 0 Å². The lowest BCUT2D eigenvalue weighted by Crippen LogP contribution is -2.43. The Morgan fingerprint density at radius 1 is 1.50 bits per heavy atom. The van der Waals surface area contributed by atoms with Gasteiger partial charge in [-0.2, -0.15) is 0 Å². The first-order valence-corrected chi connectivity index (χ1v) is 11.2. The number of aromatic nitrogens is 2. The van der Waals surface area contributed by atoms with Gasteiger partial charge in [-0.1, -0.05) is 11.6 Å². The van der Waals surface area contributed by atoms with Crippen LogP contribution in [0.1, 0.15) is 18.7 Å². The Bertz CT molecular complexity index is 1260. The van der Waals surface area contributed by atoms with Crippen molar-refractivity contribution >= 4 is 31.6 Å². The van der Waals surface area contributed by atoms with Gasteiger partial charge in [0.25, 0.3) is 11.4 Å². The molecule has 4 N–H and O–H groups in total. The zero-order valence-electron chi connectivity index (χ0n) is 16.9. The van der Waals surface area contributed by atoms with Gasteiger partial charge in [0.15, 0.2) is 11.0 Å². The minimum Gasteiger partial charge on any atom is -0.404 e. The van der Waals surface area contributed by atoms with Crippen molar-refractivity contribution in [3.05, 3.63) is 55.7 Å². The van der Waals surface area contributed by atoms with Gasteiger partial charge in [-0.25, -0.2) is 8.96 Å². The molecule has 0 amide bonds. The number of aliphatic hydroxyl groups is 3. The van der Waals surface area contributed by atoms with E-state index in [2.05, 4.69) is 4.98 Å². The van der Waals surface area contributed by atoms with Gasteiger partial charge in [0.2, 0.25) is 0 Å². The molecule has 4 rings (SSSR count). The topological polar surface area (TPSA) is 152 Å². The van der Waals surface area contributed by atoms with Crippen molar-refractivity contribution in [3.8, 4) is 5.75 Å². The minimum absolute atomic E-state index is 0.126. The molecular formula is C17H17ClFN2O9PS. The molecule has 1 unspecified atom stereocenters. The summed E-state index contributed by atoms with van der Waals surface area (Å²) < 4.78 is 57.1. The molecule has 0 bridgehead atoms. The molecule has 0 aliphatic carbocycles. The zero-order valence-corrected chi connectivity index (χ0v) is 18.4. The number of H-pyrrole nitrogens is 1. The second-order valence-electron chi connectivity index (χ2n) is 6.90. The summed E-state index contributed by atoms with van der Waals surface area (Å²) in [5, 5.41) is 30.3. The largest absolute Gasteiger partial charge is 0.530 e. The minimum atomic E-state index is -4.37. The molecule has 32 heavy (non-hydrogen) atoms. The van der Waals surface area contributed by atoms with Crippen LogP contribution in [0.2, 0.25) is 5.02 Å². The van der Waals surface area contributed by atoms with Crippen LogP contribution in [-0.2, 0) is 31.6 Å². The lowest BCUT2D eigenvalue weighted by molar-refractivity contribution is -0.205. The maximum Gasteiger partial charge on any atom is 0.530 e. The number of ether oxygens (including phenoxy) is 1. The number of hydrogen-bond acceptors (Lipinski definition) is 10. The average Bonchev–Trinajstić information content (AvgIpc) is 2.94. The van der Waals surface area contributed by atoms with Crippen molar-refractivity contribution in [1.29, 1.82) is 0 Å². The van der Waals surface area contributed by atoms with Gasteiger partial charge in [0.1, 0.15) is 24.6 Å². The fourth-order valence-electron chi connectivity index (χ4n) is 3.03. The van der Waals surface area contributed by atoms with E-state index in [0.29, 0.717) is 15.2 Å². The molecule has 1 aromatic carbocycles. The molecular weight excluding hydrogens is 494 g/mol. The Balaban J connectivity index is 1.57. The smallest absolute Gasteiger partial charge is 0.404 e. The first-order valence-electron chi connectivity index (χ1n) is 9.49. The SMILES string of the molecule is [2H][C@@]1(n2cc(CO)c(=O)[nH]c2=S)O[C@](F)(COP2(=O)OCc3cc(Cl)ccc3O2)[C@@H](O)[C@H]1O. The highest BCUT2D eigenvalue weighted by Gasteiger charge is 2.57. The molecule has 0 radical (unpaired) electrons. The van der Waals surface area contributed by atoms with Crippen LogP contribution in [0.5, 0.6) is 5.75 Å². The predicted octanol–water partition coefficient (Wildman–Crippen LogP) is 1.70. The van der Waals surface area contributed by atoms with Crippen LogP contribution in [0.25, 0.3) is 0 Å². The molecule has 1 aromatic heterocycles. The molecule has 0 saturated carbocycles. The molecule has 1 fully saturated rings. The summed E-state index contributed by atoms with van der Waals surface area (Å²) in [5.74, 6) is -3.14. The van der Waals surface area contributed by atoms with Crippen LogP contribution in [0, 0.1) is 4.77 Å². The average molecular weight is 512 g/mol. The number of aromatic amines is 1. The second kappa shape index (κ2) is 8.60. The van der Waals surface area contributed by atoms with Crippen LogP contribution >= 0.6 is 31.6 Å². The molecule has 2 aliphatic heterocycles. The summed E-state index contributed by atoms with van der Waals surface area (Å²) in [7, 11) is -4.37. The number of fused-ring (bicyclic) bond motifs is 1. The van der Waals surface area contributed by atoms with Crippen LogP contribution in [-0.4, -0.2) is 49.5 Å². The molecule has 174 valence electrons. The normalized spacial score (nSPS) is 34.6. The quantitative estimate of drug-likeness (QED) is 0.344. The van der Waals surface area contributed by atoms with E-state index in [4.69, 9.17) is 43.5 Å². The molecule has 3 heterocycles. The molecule has 5 atom stereocenters. The Morgan fingerprint density at radius 3 is 2.97 bits per heavy atom. The number of nitrogens with one attached hydrogen (secondary N) is 1. The predicted molar refractivity (Wildman–Crippen MR) is 108 cm³/mol. The third-order valence-corrected chi connectivity index (χ3v) is 6.57. The van der Waals surface area contributed by atoms with Gasteiger partial charge in [-0.05, 0) is 30.4 Å². The van der Waals surface area contributed by atoms with E-state index < -0.39 is 55.6 Å². The summed E-state index contributed by atoms with van der Waals surface area (Å²) in [4.78, 5) is 13.9. The van der Waals surface area contributed by atoms with Crippen molar-refractivity contribution < 1.29 is 44.0 Å². The van der Waals surface area contributed by atoms with Gasteiger partial charge in [-0.3, -0.25) is 23.4 Å². The van der Waals surface area contributed by atoms with Gasteiger partial charge < -0.3 is 24.6 Å². The van der Waals surface area contributed by atoms with Crippen molar-refractivity contribution in [2.45, 2.75) is 37.5 Å². The van der Waals surface area contributed by atoms with E-state index in [1.807, 2.05) is 0 Å². The monoisotopic (exact) mass is 511 g/mol. The molecule has 0 spiro atoms. The Morgan fingerprint density at radius 2 is 2.25 bits per heavy atom. The second-order valence-corrected chi connectivity index (χ2v) is 9.31. The fraction of sp³-hybridized carbons (Fsp3) is 0.412. The van der Waals surface area contributed by atoms with Crippen LogP contribution in [0.3, 0.4) is 0 Å². The van der Waals surface area contributed by atoms with Crippen LogP contribution < -0.4 is 10.1 Å². The van der Waals surface area contributed by atoms with E-state index in [-0.39, 0.29) is 17.9 Å². The highest BCUT2D eigenvalue weighted by Crippen LogP contribution is 2.56. The van der Waals surface area contributed by atoms with Crippen molar-refractivity contribution in [3.63, 3.8) is 0 Å². The zero-order chi connectivity index (χ0) is 24.2. The number of alkyl halides is 1. The number of rotatable bonds is 5. The summed E-state index contributed by atoms with van der Waals surface area (Å²) in [6.45, 7) is -2.25. The summed E-state index contributed by atoms with van der Waals surface area (Å²) >= 11 is 10.8. The lowest BCUT2D eigenvalue weighted by Gasteiger charge is -2.28. The lowest BCUT2D eigenvalue weighted by atomic mass is 10.1. The van der Waals surface area contributed by atoms with Gasteiger partial charge in [0, 0.05) is 16.8 Å². The third-order valence-electron chi connectivity index (χ3n) is 4.72. The maximum atomic E-state index is 15.5. The van der Waals surface area contributed by atoms with Crippen molar-refractivity contribution in [1.82, 2.24) is 9.55 Å². The maximum absolute atomic E-state index is 15.5. The van der Waals surface area contributed by atoms with Gasteiger partial charge >= 0.3 is 7.82 Å². The number of halogens is 2. The number of nitrogens with zero attached hydrogens (tertiary/aromatic N) is 1. The van der Waals surface area contributed by atoms with E-state index in [1.54, 1.807) is 0 Å². The van der Waals surface area contributed by atoms with Crippen molar-refractivity contribution in [2.24, 2.45) is 0 Å². The summed E-state index contributed by atoms with van der Waals surface area (Å²) in [6, 6.07) is 4.40. The molecule has 2 aromatic rings. The third kappa shape index (κ3) is 4.28. The fourth-order valence-corrected chi connectivity index (χ4v) is 4.70. The van der Waals surface area contributed by atoms with Crippen LogP contribution in [0.15, 0.2) is 29.2 Å². The first-order chi connectivity index (χ1) is 15.4. The standard InChI is InChI=1S/C17H17ClFN2O9PS/c18-10-1-2-11-8(3-10)6-27-31(26,30-11)28-7-17(19)13(24)12(23)15(29-17)21-4-9(5-22)14(25)20-16(21)32/h1-4,12-13,15,22-24H,5-7H2,(H,20,25,32)/t12-,13+,15-,17-,31?/m1/s1/i15D. The van der Waals surface area contributed by atoms with Gasteiger partial charge in [0.05, 0.1) is 20.1 Å². The highest BCUT2D eigenvalue weighted by atomic mass is 35.5. The number of aliphatic hydroxyl groups excluding tert-OH is 3. The van der Waals surface area contributed by atoms with E-state index in [0.717, 1.165) is 6.20 Å². The molecule has 1 saturated heterocycles. The van der Waals surface area contributed by atoms with Crippen LogP contribution in [0.4, 0.5) is 4.39 Å². The number of phosphoric ester groups is 1. The molecule has 2 aliphatic rings. The molecule has 15 heteroatoms. The Labute approximate surface area is 190 Å². The van der Waals surface area contributed by atoms with E-state index >= 15 is 4.39 Å². The molecule has 11 nitrogen and oxygen atoms in total. The highest BCUT2D eigenvalue weighted by molar-refractivity contribution is 7.71.